The minimum Gasteiger partial charge on any atom is -0.463 e. The number of allylic oxidation sites excluding steroid dienone is 1. The van der Waals surface area contributed by atoms with Gasteiger partial charge >= 0.3 is 12.2 Å². The quantitative estimate of drug-likeness (QED) is 0.484. The van der Waals surface area contributed by atoms with E-state index in [2.05, 4.69) is 0 Å². The first-order valence-corrected chi connectivity index (χ1v) is 6.39. The van der Waals surface area contributed by atoms with Crippen LogP contribution in [0.25, 0.3) is 0 Å². The molecule has 0 aliphatic carbocycles. The van der Waals surface area contributed by atoms with Gasteiger partial charge in [-0.15, -0.1) is 0 Å². The third-order valence-corrected chi connectivity index (χ3v) is 3.22. The lowest BCUT2D eigenvalue weighted by molar-refractivity contribution is -0.570. The van der Waals surface area contributed by atoms with E-state index in [1.165, 1.54) is 25.1 Å². The molecule has 2 rings (SSSR count). The molecule has 1 heterocycles. The fraction of sp³-hybridized carbons (Fsp3) is 0.357. The number of benzene rings is 1. The lowest BCUT2D eigenvalue weighted by atomic mass is 9.90. The second kappa shape index (κ2) is 5.90. The minimum atomic E-state index is -1.54. The summed E-state index contributed by atoms with van der Waals surface area (Å²) in [5, 5.41) is 11.1. The summed E-state index contributed by atoms with van der Waals surface area (Å²) in [6, 6.07) is 5.60. The summed E-state index contributed by atoms with van der Waals surface area (Å²) < 4.78 is 24.0. The van der Waals surface area contributed by atoms with E-state index < -0.39 is 28.9 Å². The third kappa shape index (κ3) is 2.72. The van der Waals surface area contributed by atoms with Crippen LogP contribution in [-0.4, -0.2) is 23.7 Å². The van der Waals surface area contributed by atoms with Gasteiger partial charge in [-0.1, -0.05) is 18.2 Å². The molecule has 1 aliphatic heterocycles. The van der Waals surface area contributed by atoms with Crippen molar-refractivity contribution in [2.45, 2.75) is 26.0 Å². The van der Waals surface area contributed by atoms with Crippen molar-refractivity contribution in [1.29, 1.82) is 0 Å². The SMILES string of the molecule is CCOC(=O)C1=C(C)O[C@@H]([N+](=O)[O-])[C@@H]1c1ccccc1F. The molecule has 0 saturated carbocycles. The van der Waals surface area contributed by atoms with Crippen LogP contribution in [0.4, 0.5) is 4.39 Å². The fourth-order valence-corrected chi connectivity index (χ4v) is 2.35. The van der Waals surface area contributed by atoms with E-state index >= 15 is 0 Å². The number of hydrogen-bond acceptors (Lipinski definition) is 5. The summed E-state index contributed by atoms with van der Waals surface area (Å²) in [6.07, 6.45) is -1.54. The van der Waals surface area contributed by atoms with E-state index in [9.17, 15) is 19.3 Å². The number of hydrogen-bond donors (Lipinski definition) is 0. The van der Waals surface area contributed by atoms with Gasteiger partial charge in [0.2, 0.25) is 0 Å². The smallest absolute Gasteiger partial charge is 0.365 e. The molecule has 0 saturated heterocycles. The van der Waals surface area contributed by atoms with Crippen LogP contribution >= 0.6 is 0 Å². The van der Waals surface area contributed by atoms with E-state index in [4.69, 9.17) is 9.47 Å². The average molecular weight is 295 g/mol. The number of carbonyl (C=O) groups is 1. The van der Waals surface area contributed by atoms with Crippen LogP contribution in [0.3, 0.4) is 0 Å². The monoisotopic (exact) mass is 295 g/mol. The molecule has 2 atom stereocenters. The summed E-state index contributed by atoms with van der Waals surface area (Å²) >= 11 is 0. The molecule has 0 radical (unpaired) electrons. The van der Waals surface area contributed by atoms with Crippen molar-refractivity contribution in [2.24, 2.45) is 0 Å². The zero-order chi connectivity index (χ0) is 15.6. The maximum atomic E-state index is 14.0. The molecule has 6 nitrogen and oxygen atoms in total. The van der Waals surface area contributed by atoms with Crippen LogP contribution in [0.2, 0.25) is 0 Å². The van der Waals surface area contributed by atoms with Gasteiger partial charge in [-0.05, 0) is 19.9 Å². The van der Waals surface area contributed by atoms with Crippen molar-refractivity contribution in [1.82, 2.24) is 0 Å². The number of halogens is 1. The summed E-state index contributed by atoms with van der Waals surface area (Å²) in [6.45, 7) is 3.17. The Kier molecular flexibility index (Phi) is 4.21. The molecule has 0 aromatic heterocycles. The van der Waals surface area contributed by atoms with Crippen LogP contribution in [-0.2, 0) is 14.3 Å². The van der Waals surface area contributed by atoms with Gasteiger partial charge in [0, 0.05) is 5.56 Å². The summed E-state index contributed by atoms with van der Waals surface area (Å²) in [5.41, 5.74) is 0.0303. The third-order valence-electron chi connectivity index (χ3n) is 3.22. The second-order valence-electron chi connectivity index (χ2n) is 4.48. The topological polar surface area (TPSA) is 78.7 Å². The molecule has 1 aromatic rings. The van der Waals surface area contributed by atoms with Crippen molar-refractivity contribution in [3.05, 3.63) is 57.1 Å². The van der Waals surface area contributed by atoms with E-state index in [-0.39, 0.29) is 23.5 Å². The molecule has 21 heavy (non-hydrogen) atoms. The van der Waals surface area contributed by atoms with E-state index in [1.807, 2.05) is 0 Å². The van der Waals surface area contributed by atoms with Crippen LogP contribution in [0, 0.1) is 15.9 Å². The highest BCUT2D eigenvalue weighted by Gasteiger charge is 2.48. The molecule has 0 unspecified atom stereocenters. The molecule has 0 spiro atoms. The maximum absolute atomic E-state index is 14.0. The van der Waals surface area contributed by atoms with Gasteiger partial charge < -0.3 is 9.47 Å². The van der Waals surface area contributed by atoms with Gasteiger partial charge in [-0.2, -0.15) is 0 Å². The first kappa shape index (κ1) is 15.0. The van der Waals surface area contributed by atoms with Gasteiger partial charge in [-0.3, -0.25) is 10.1 Å². The number of carbonyl (C=O) groups excluding carboxylic acids is 1. The Bertz CT molecular complexity index is 613. The van der Waals surface area contributed by atoms with Gasteiger partial charge in [0.05, 0.1) is 17.1 Å². The Labute approximate surface area is 120 Å². The van der Waals surface area contributed by atoms with Crippen molar-refractivity contribution in [3.63, 3.8) is 0 Å². The predicted octanol–water partition coefficient (Wildman–Crippen LogP) is 2.38. The van der Waals surface area contributed by atoms with Crippen molar-refractivity contribution < 1.29 is 23.6 Å². The normalized spacial score (nSPS) is 21.1. The molecule has 112 valence electrons. The largest absolute Gasteiger partial charge is 0.463 e. The Balaban J connectivity index is 2.51. The summed E-state index contributed by atoms with van der Waals surface area (Å²) in [5.74, 6) is -2.40. The molecule has 0 N–H and O–H groups in total. The first-order chi connectivity index (χ1) is 9.97. The van der Waals surface area contributed by atoms with Crippen LogP contribution in [0.5, 0.6) is 0 Å². The zero-order valence-electron chi connectivity index (χ0n) is 11.5. The Morgan fingerprint density at radius 3 is 2.71 bits per heavy atom. The zero-order valence-corrected chi connectivity index (χ0v) is 11.5. The standard InChI is InChI=1S/C14H14FNO5/c1-3-20-14(17)11-8(2)21-13(16(18)19)12(11)9-6-4-5-7-10(9)15/h4-7,12-13H,3H2,1-2H3/t12-,13-/m1/s1. The maximum Gasteiger partial charge on any atom is 0.365 e. The first-order valence-electron chi connectivity index (χ1n) is 6.39. The van der Waals surface area contributed by atoms with Crippen molar-refractivity contribution in [2.75, 3.05) is 6.61 Å². The Morgan fingerprint density at radius 1 is 1.48 bits per heavy atom. The summed E-state index contributed by atoms with van der Waals surface area (Å²) in [4.78, 5) is 22.5. The van der Waals surface area contributed by atoms with Crippen molar-refractivity contribution in [3.8, 4) is 0 Å². The molecule has 0 bridgehead atoms. The highest BCUT2D eigenvalue weighted by molar-refractivity contribution is 5.91. The Morgan fingerprint density at radius 2 is 2.14 bits per heavy atom. The average Bonchev–Trinajstić information content (AvgIpc) is 2.77. The molecule has 0 fully saturated rings. The molecular weight excluding hydrogens is 281 g/mol. The molecule has 7 heteroatoms. The molecule has 0 amide bonds. The lowest BCUT2D eigenvalue weighted by Crippen LogP contribution is -2.28. The van der Waals surface area contributed by atoms with Crippen LogP contribution in [0.1, 0.15) is 25.3 Å². The number of nitrogens with zero attached hydrogens (tertiary/aromatic N) is 1. The van der Waals surface area contributed by atoms with Crippen LogP contribution < -0.4 is 0 Å². The highest BCUT2D eigenvalue weighted by atomic mass is 19.1. The molecule has 1 aromatic carbocycles. The van der Waals surface area contributed by atoms with E-state index in [0.29, 0.717) is 0 Å². The number of esters is 1. The number of ether oxygens (including phenoxy) is 2. The highest BCUT2D eigenvalue weighted by Crippen LogP contribution is 2.40. The number of nitro groups is 1. The fourth-order valence-electron chi connectivity index (χ4n) is 2.35. The van der Waals surface area contributed by atoms with Gasteiger partial charge in [-0.25, -0.2) is 9.18 Å². The van der Waals surface area contributed by atoms with Gasteiger partial charge in [0.25, 0.3) is 0 Å². The predicted molar refractivity (Wildman–Crippen MR) is 70.3 cm³/mol. The van der Waals surface area contributed by atoms with E-state index in [0.717, 1.165) is 0 Å². The van der Waals surface area contributed by atoms with Crippen molar-refractivity contribution >= 4 is 5.97 Å². The van der Waals surface area contributed by atoms with Crippen LogP contribution in [0.15, 0.2) is 35.6 Å². The molecular formula is C14H14FNO5. The second-order valence-corrected chi connectivity index (χ2v) is 4.48. The number of rotatable bonds is 4. The minimum absolute atomic E-state index is 0.0105. The molecule has 1 aliphatic rings. The Hall–Kier alpha value is -2.44. The van der Waals surface area contributed by atoms with Gasteiger partial charge in [0.1, 0.15) is 17.5 Å². The summed E-state index contributed by atoms with van der Waals surface area (Å²) in [7, 11) is 0. The van der Waals surface area contributed by atoms with Gasteiger partial charge in [0.15, 0.2) is 0 Å². The lowest BCUT2D eigenvalue weighted by Gasteiger charge is -2.15. The van der Waals surface area contributed by atoms with E-state index in [1.54, 1.807) is 13.0 Å².